The molecule has 1 aliphatic rings. The van der Waals surface area contributed by atoms with E-state index in [0.29, 0.717) is 30.8 Å². The van der Waals surface area contributed by atoms with Gasteiger partial charge in [0.15, 0.2) is 0 Å². The third kappa shape index (κ3) is 17.7. The van der Waals surface area contributed by atoms with E-state index in [1.54, 1.807) is 62.4 Å². The van der Waals surface area contributed by atoms with E-state index in [1.807, 2.05) is 41.5 Å². The Morgan fingerprint density at radius 2 is 1.41 bits per heavy atom. The minimum atomic E-state index is -0.863. The van der Waals surface area contributed by atoms with E-state index in [1.165, 1.54) is 18.2 Å². The van der Waals surface area contributed by atoms with Crippen LogP contribution < -0.4 is 26.2 Å². The second kappa shape index (κ2) is 23.5. The van der Waals surface area contributed by atoms with Gasteiger partial charge >= 0.3 is 5.97 Å². The lowest BCUT2D eigenvalue weighted by molar-refractivity contribution is -0.148. The molecule has 4 N–H and O–H groups in total. The molecule has 2 aromatic rings. The SMILES string of the molecule is CC(C)C(=O)OCc1ccc(NC(=O)C(C)NC(=O)CNC(=O)CCC(C)(C)OCCC(C)(C)NC(=O)Cc2ccc(N3C(=O)CC(C(C)C)C3=O)cc2)cc1.CCC. The summed E-state index contributed by atoms with van der Waals surface area (Å²) < 4.78 is 11.3. The molecule has 2 aromatic carbocycles. The summed E-state index contributed by atoms with van der Waals surface area (Å²) in [4.78, 5) is 88.6. The smallest absolute Gasteiger partial charge is 0.308 e. The Hall–Kier alpha value is -5.11. The van der Waals surface area contributed by atoms with Gasteiger partial charge in [-0.1, -0.05) is 72.2 Å². The summed E-state index contributed by atoms with van der Waals surface area (Å²) in [6.07, 6.45) is 2.59. The number of hydrogen-bond acceptors (Lipinski definition) is 9. The van der Waals surface area contributed by atoms with E-state index in [4.69, 9.17) is 9.47 Å². The molecule has 0 bridgehead atoms. The van der Waals surface area contributed by atoms with E-state index >= 15 is 0 Å². The molecule has 1 saturated heterocycles. The topological polar surface area (TPSA) is 189 Å². The Morgan fingerprint density at radius 1 is 0.814 bits per heavy atom. The van der Waals surface area contributed by atoms with Crippen molar-refractivity contribution < 1.29 is 43.0 Å². The van der Waals surface area contributed by atoms with Crippen LogP contribution in [0.4, 0.5) is 11.4 Å². The number of anilines is 2. The molecule has 1 fully saturated rings. The zero-order chi connectivity index (χ0) is 44.5. The van der Waals surface area contributed by atoms with Crippen molar-refractivity contribution in [1.82, 2.24) is 16.0 Å². The van der Waals surface area contributed by atoms with Gasteiger partial charge in [0.25, 0.3) is 0 Å². The summed E-state index contributed by atoms with van der Waals surface area (Å²) in [7, 11) is 0. The van der Waals surface area contributed by atoms with Crippen LogP contribution in [0.15, 0.2) is 48.5 Å². The van der Waals surface area contributed by atoms with Gasteiger partial charge < -0.3 is 30.7 Å². The Labute approximate surface area is 350 Å². The molecule has 1 aliphatic heterocycles. The molecule has 2 atom stereocenters. The van der Waals surface area contributed by atoms with Crippen LogP contribution in [0.25, 0.3) is 0 Å². The van der Waals surface area contributed by atoms with Crippen molar-refractivity contribution in [3.63, 3.8) is 0 Å². The van der Waals surface area contributed by atoms with Crippen LogP contribution in [-0.4, -0.2) is 71.7 Å². The lowest BCUT2D eigenvalue weighted by Gasteiger charge is -2.30. The maximum atomic E-state index is 12.9. The molecular formula is C45H67N5O9. The molecule has 14 heteroatoms. The number of imide groups is 1. The summed E-state index contributed by atoms with van der Waals surface area (Å²) in [6.45, 7) is 20.8. The highest BCUT2D eigenvalue weighted by atomic mass is 16.5. The zero-order valence-electron chi connectivity index (χ0n) is 36.9. The summed E-state index contributed by atoms with van der Waals surface area (Å²) in [5.74, 6) is -2.64. The number of nitrogens with one attached hydrogen (secondary N) is 4. The van der Waals surface area contributed by atoms with Gasteiger partial charge in [-0.05, 0) is 88.8 Å². The Bertz CT molecular complexity index is 1740. The van der Waals surface area contributed by atoms with Gasteiger partial charge in [-0.15, -0.1) is 0 Å². The number of esters is 1. The molecule has 0 radical (unpaired) electrons. The first-order valence-corrected chi connectivity index (χ1v) is 20.6. The van der Waals surface area contributed by atoms with Crippen molar-refractivity contribution >= 4 is 52.8 Å². The fourth-order valence-corrected chi connectivity index (χ4v) is 5.83. The van der Waals surface area contributed by atoms with Crippen molar-refractivity contribution in [2.24, 2.45) is 17.8 Å². The van der Waals surface area contributed by atoms with Gasteiger partial charge in [-0.25, -0.2) is 0 Å². The highest BCUT2D eigenvalue weighted by Crippen LogP contribution is 2.31. The maximum absolute atomic E-state index is 12.9. The Kier molecular flexibility index (Phi) is 19.9. The van der Waals surface area contributed by atoms with Crippen molar-refractivity contribution in [2.45, 2.75) is 138 Å². The maximum Gasteiger partial charge on any atom is 0.308 e. The highest BCUT2D eigenvalue weighted by Gasteiger charge is 2.40. The average molecular weight is 822 g/mol. The molecule has 0 aromatic heterocycles. The first kappa shape index (κ1) is 50.0. The molecule has 2 unspecified atom stereocenters. The zero-order valence-corrected chi connectivity index (χ0v) is 36.9. The minimum absolute atomic E-state index is 0.0759. The molecule has 59 heavy (non-hydrogen) atoms. The van der Waals surface area contributed by atoms with Crippen LogP contribution in [0.3, 0.4) is 0 Å². The molecule has 3 rings (SSSR count). The third-order valence-corrected chi connectivity index (χ3v) is 9.49. The number of amides is 6. The molecule has 0 spiro atoms. The van der Waals surface area contributed by atoms with Gasteiger partial charge in [-0.2, -0.15) is 0 Å². The Balaban J connectivity index is 0.00000387. The van der Waals surface area contributed by atoms with Gasteiger partial charge in [0, 0.05) is 30.7 Å². The molecule has 14 nitrogen and oxygen atoms in total. The van der Waals surface area contributed by atoms with Crippen molar-refractivity contribution in [3.05, 3.63) is 59.7 Å². The highest BCUT2D eigenvalue weighted by molar-refractivity contribution is 6.21. The summed E-state index contributed by atoms with van der Waals surface area (Å²) in [5.41, 5.74) is 1.30. The lowest BCUT2D eigenvalue weighted by atomic mass is 9.94. The molecule has 1 heterocycles. The molecule has 326 valence electrons. The summed E-state index contributed by atoms with van der Waals surface area (Å²) in [6, 6.07) is 12.8. The van der Waals surface area contributed by atoms with E-state index in [-0.39, 0.29) is 79.8 Å². The number of benzene rings is 2. The average Bonchev–Trinajstić information content (AvgIpc) is 3.46. The number of carbonyl (C=O) groups is 7. The van der Waals surface area contributed by atoms with Crippen LogP contribution in [0.5, 0.6) is 0 Å². The first-order chi connectivity index (χ1) is 27.6. The number of nitrogens with zero attached hydrogens (tertiary/aromatic N) is 1. The normalized spacial score (nSPS) is 14.7. The second-order valence-electron chi connectivity index (χ2n) is 17.0. The summed E-state index contributed by atoms with van der Waals surface area (Å²) in [5, 5.41) is 10.9. The van der Waals surface area contributed by atoms with Gasteiger partial charge in [0.1, 0.15) is 12.6 Å². The van der Waals surface area contributed by atoms with Crippen LogP contribution in [0, 0.1) is 17.8 Å². The quantitative estimate of drug-likeness (QED) is 0.0918. The van der Waals surface area contributed by atoms with E-state index in [0.717, 1.165) is 11.1 Å². The predicted octanol–water partition coefficient (Wildman–Crippen LogP) is 6.00. The fraction of sp³-hybridized carbons (Fsp3) is 0.578. The van der Waals surface area contributed by atoms with Gasteiger partial charge in [0.2, 0.25) is 35.4 Å². The molecular weight excluding hydrogens is 755 g/mol. The predicted molar refractivity (Wildman–Crippen MR) is 228 cm³/mol. The second-order valence-corrected chi connectivity index (χ2v) is 17.0. The van der Waals surface area contributed by atoms with Crippen LogP contribution in [0.1, 0.15) is 119 Å². The van der Waals surface area contributed by atoms with Crippen LogP contribution >= 0.6 is 0 Å². The number of hydrogen-bond donors (Lipinski definition) is 4. The number of carbonyl (C=O) groups excluding carboxylic acids is 7. The van der Waals surface area contributed by atoms with E-state index < -0.39 is 29.0 Å². The Morgan fingerprint density at radius 3 is 1.97 bits per heavy atom. The monoisotopic (exact) mass is 821 g/mol. The molecule has 0 saturated carbocycles. The van der Waals surface area contributed by atoms with Crippen molar-refractivity contribution in [1.29, 1.82) is 0 Å². The lowest BCUT2D eigenvalue weighted by Crippen LogP contribution is -2.46. The fourth-order valence-electron chi connectivity index (χ4n) is 5.83. The number of ether oxygens (including phenoxy) is 2. The standard InChI is InChI=1S/C42H59N5O9.C3H8/c1-26(2)33-23-37(51)47(39(33)53)32-16-12-29(13-17-32)22-35(49)46-41(6,7)20-21-56-42(8,9)19-18-34(48)43-24-36(50)44-28(5)38(52)45-31-14-10-30(11-15-31)25-55-40(54)27(3)4;1-3-2/h10-17,26-28,33H,18-25H2,1-9H3,(H,43,48)(H,44,50)(H,45,52)(H,46,49);3H2,1-2H3. The third-order valence-electron chi connectivity index (χ3n) is 9.49. The van der Waals surface area contributed by atoms with Crippen molar-refractivity contribution in [2.75, 3.05) is 23.4 Å². The summed E-state index contributed by atoms with van der Waals surface area (Å²) >= 11 is 0. The van der Waals surface area contributed by atoms with Crippen molar-refractivity contribution in [3.8, 4) is 0 Å². The molecule has 6 amide bonds. The number of rotatable bonds is 20. The molecule has 0 aliphatic carbocycles. The van der Waals surface area contributed by atoms with Gasteiger partial charge in [-0.3, -0.25) is 38.5 Å². The van der Waals surface area contributed by atoms with Gasteiger partial charge in [0.05, 0.1) is 36.1 Å². The van der Waals surface area contributed by atoms with E-state index in [9.17, 15) is 33.6 Å². The minimum Gasteiger partial charge on any atom is -0.461 e. The van der Waals surface area contributed by atoms with Crippen LogP contribution in [-0.2, 0) is 56.1 Å². The largest absolute Gasteiger partial charge is 0.461 e. The van der Waals surface area contributed by atoms with Crippen LogP contribution in [0.2, 0.25) is 0 Å². The van der Waals surface area contributed by atoms with E-state index in [2.05, 4.69) is 35.1 Å². The first-order valence-electron chi connectivity index (χ1n) is 20.6.